The number of ether oxygens (including phenoxy) is 1. The van der Waals surface area contributed by atoms with E-state index in [4.69, 9.17) is 16.3 Å². The third-order valence-electron chi connectivity index (χ3n) is 3.20. The summed E-state index contributed by atoms with van der Waals surface area (Å²) >= 11 is 6.31. The summed E-state index contributed by atoms with van der Waals surface area (Å²) in [6.07, 6.45) is 3.43. The van der Waals surface area contributed by atoms with E-state index >= 15 is 0 Å². The zero-order valence-corrected chi connectivity index (χ0v) is 10.6. The summed E-state index contributed by atoms with van der Waals surface area (Å²) < 4.78 is 5.41. The highest BCUT2D eigenvalue weighted by Gasteiger charge is 2.24. The molecule has 2 nitrogen and oxygen atoms in total. The van der Waals surface area contributed by atoms with Gasteiger partial charge in [0.2, 0.25) is 0 Å². The first-order valence-electron chi connectivity index (χ1n) is 5.86. The normalized spacial score (nSPS) is 19.3. The third kappa shape index (κ3) is 2.04. The van der Waals surface area contributed by atoms with Crippen molar-refractivity contribution < 1.29 is 4.74 Å². The monoisotopic (exact) mass is 239 g/mol. The molecule has 0 amide bonds. The van der Waals surface area contributed by atoms with Crippen LogP contribution in [0.15, 0.2) is 12.1 Å². The Balaban J connectivity index is 2.45. The van der Waals surface area contributed by atoms with Crippen LogP contribution in [-0.4, -0.2) is 13.7 Å². The molecule has 88 valence electrons. The van der Waals surface area contributed by atoms with E-state index in [1.165, 1.54) is 17.5 Å². The predicted molar refractivity (Wildman–Crippen MR) is 67.4 cm³/mol. The summed E-state index contributed by atoms with van der Waals surface area (Å²) in [6.45, 7) is 3.10. The number of benzene rings is 1. The second kappa shape index (κ2) is 5.07. The minimum atomic E-state index is 0.386. The molecule has 0 bridgehead atoms. The number of rotatable bonds is 3. The molecule has 0 unspecified atom stereocenters. The van der Waals surface area contributed by atoms with Gasteiger partial charge in [0.05, 0.1) is 7.11 Å². The van der Waals surface area contributed by atoms with Crippen LogP contribution in [0, 0.1) is 0 Å². The lowest BCUT2D eigenvalue weighted by Crippen LogP contribution is -2.25. The quantitative estimate of drug-likeness (QED) is 0.874. The van der Waals surface area contributed by atoms with E-state index in [-0.39, 0.29) is 0 Å². The highest BCUT2D eigenvalue weighted by molar-refractivity contribution is 6.31. The average molecular weight is 240 g/mol. The average Bonchev–Trinajstić information content (AvgIpc) is 2.30. The summed E-state index contributed by atoms with van der Waals surface area (Å²) in [5, 5.41) is 4.36. The Morgan fingerprint density at radius 3 is 3.00 bits per heavy atom. The van der Waals surface area contributed by atoms with Gasteiger partial charge in [0, 0.05) is 16.6 Å². The molecule has 0 saturated heterocycles. The molecule has 1 atom stereocenters. The lowest BCUT2D eigenvalue weighted by atomic mass is 9.87. The van der Waals surface area contributed by atoms with Crippen molar-refractivity contribution in [1.29, 1.82) is 0 Å². The first kappa shape index (κ1) is 11.7. The largest absolute Gasteiger partial charge is 0.496 e. The number of nitrogens with one attached hydrogen (secondary N) is 1. The van der Waals surface area contributed by atoms with E-state index in [9.17, 15) is 0 Å². The predicted octanol–water partition coefficient (Wildman–Crippen LogP) is 3.34. The van der Waals surface area contributed by atoms with Crippen LogP contribution >= 0.6 is 11.6 Å². The van der Waals surface area contributed by atoms with Gasteiger partial charge in [-0.3, -0.25) is 0 Å². The van der Waals surface area contributed by atoms with E-state index < -0.39 is 0 Å². The number of methoxy groups -OCH3 is 1. The molecule has 0 aromatic heterocycles. The number of hydrogen-bond acceptors (Lipinski definition) is 2. The van der Waals surface area contributed by atoms with E-state index in [1.54, 1.807) is 7.11 Å². The lowest BCUT2D eigenvalue weighted by molar-refractivity contribution is 0.397. The maximum atomic E-state index is 6.31. The molecule has 0 saturated carbocycles. The molecule has 1 N–H and O–H groups in total. The van der Waals surface area contributed by atoms with Crippen LogP contribution in [0.5, 0.6) is 5.75 Å². The fourth-order valence-corrected chi connectivity index (χ4v) is 2.83. The van der Waals surface area contributed by atoms with Crippen molar-refractivity contribution in [2.45, 2.75) is 32.2 Å². The van der Waals surface area contributed by atoms with Crippen molar-refractivity contribution in [3.63, 3.8) is 0 Å². The van der Waals surface area contributed by atoms with Crippen molar-refractivity contribution in [2.24, 2.45) is 0 Å². The summed E-state index contributed by atoms with van der Waals surface area (Å²) in [4.78, 5) is 0. The smallest absolute Gasteiger partial charge is 0.122 e. The van der Waals surface area contributed by atoms with Crippen LogP contribution in [0.1, 0.15) is 36.9 Å². The van der Waals surface area contributed by atoms with Gasteiger partial charge in [0.1, 0.15) is 5.75 Å². The summed E-state index contributed by atoms with van der Waals surface area (Å²) in [5.74, 6) is 0.974. The molecule has 1 aromatic carbocycles. The van der Waals surface area contributed by atoms with Gasteiger partial charge in [-0.15, -0.1) is 0 Å². The van der Waals surface area contributed by atoms with Crippen LogP contribution < -0.4 is 10.1 Å². The fourth-order valence-electron chi connectivity index (χ4n) is 2.52. The van der Waals surface area contributed by atoms with Crippen molar-refractivity contribution in [1.82, 2.24) is 5.32 Å². The van der Waals surface area contributed by atoms with E-state index in [0.717, 1.165) is 30.2 Å². The van der Waals surface area contributed by atoms with Gasteiger partial charge in [-0.1, -0.05) is 18.5 Å². The summed E-state index contributed by atoms with van der Waals surface area (Å²) in [5.41, 5.74) is 2.53. The SMILES string of the molecule is CCN[C@H]1CCCc2c(OC)ccc(Cl)c21. The van der Waals surface area contributed by atoms with Crippen molar-refractivity contribution in [2.75, 3.05) is 13.7 Å². The Morgan fingerprint density at radius 2 is 2.31 bits per heavy atom. The first-order chi connectivity index (χ1) is 7.77. The molecule has 0 fully saturated rings. The van der Waals surface area contributed by atoms with E-state index in [2.05, 4.69) is 12.2 Å². The molecule has 1 aliphatic carbocycles. The van der Waals surface area contributed by atoms with Gasteiger partial charge in [-0.05, 0) is 43.5 Å². The molecule has 1 aliphatic rings. The molecule has 3 heteroatoms. The Hall–Kier alpha value is -0.730. The highest BCUT2D eigenvalue weighted by Crippen LogP contribution is 2.39. The molecular formula is C13H18ClNO. The molecule has 1 aromatic rings. The zero-order valence-electron chi connectivity index (χ0n) is 9.85. The van der Waals surface area contributed by atoms with Crippen LogP contribution in [0.2, 0.25) is 5.02 Å². The van der Waals surface area contributed by atoms with Crippen LogP contribution in [0.25, 0.3) is 0 Å². The summed E-state index contributed by atoms with van der Waals surface area (Å²) in [6, 6.07) is 4.29. The standard InChI is InChI=1S/C13H18ClNO/c1-3-15-11-6-4-5-9-12(16-2)8-7-10(14)13(9)11/h7-8,11,15H,3-6H2,1-2H3/t11-/m0/s1. The first-order valence-corrected chi connectivity index (χ1v) is 6.24. The highest BCUT2D eigenvalue weighted by atomic mass is 35.5. The van der Waals surface area contributed by atoms with Gasteiger partial charge in [-0.25, -0.2) is 0 Å². The zero-order chi connectivity index (χ0) is 11.5. The van der Waals surface area contributed by atoms with E-state index in [1.807, 2.05) is 12.1 Å². The molecular weight excluding hydrogens is 222 g/mol. The second-order valence-electron chi connectivity index (χ2n) is 4.14. The topological polar surface area (TPSA) is 21.3 Å². The number of fused-ring (bicyclic) bond motifs is 1. The van der Waals surface area contributed by atoms with Crippen LogP contribution in [0.4, 0.5) is 0 Å². The molecule has 0 spiro atoms. The Bertz CT molecular complexity index is 378. The molecule has 0 heterocycles. The van der Waals surface area contributed by atoms with Gasteiger partial charge in [0.25, 0.3) is 0 Å². The Morgan fingerprint density at radius 1 is 1.50 bits per heavy atom. The van der Waals surface area contributed by atoms with E-state index in [0.29, 0.717) is 6.04 Å². The molecule has 2 rings (SSSR count). The second-order valence-corrected chi connectivity index (χ2v) is 4.55. The van der Waals surface area contributed by atoms with Gasteiger partial charge in [-0.2, -0.15) is 0 Å². The maximum Gasteiger partial charge on any atom is 0.122 e. The number of hydrogen-bond donors (Lipinski definition) is 1. The Labute approximate surface area is 102 Å². The van der Waals surface area contributed by atoms with Crippen molar-refractivity contribution in [3.05, 3.63) is 28.3 Å². The molecule has 0 aliphatic heterocycles. The molecule has 0 radical (unpaired) electrons. The van der Waals surface area contributed by atoms with Gasteiger partial charge >= 0.3 is 0 Å². The van der Waals surface area contributed by atoms with Gasteiger partial charge in [0.15, 0.2) is 0 Å². The number of halogens is 1. The van der Waals surface area contributed by atoms with Crippen molar-refractivity contribution in [3.8, 4) is 5.75 Å². The van der Waals surface area contributed by atoms with Crippen molar-refractivity contribution >= 4 is 11.6 Å². The van der Waals surface area contributed by atoms with Crippen LogP contribution in [0.3, 0.4) is 0 Å². The minimum absolute atomic E-state index is 0.386. The fraction of sp³-hybridized carbons (Fsp3) is 0.538. The van der Waals surface area contributed by atoms with Gasteiger partial charge < -0.3 is 10.1 Å². The maximum absolute atomic E-state index is 6.31. The summed E-state index contributed by atoms with van der Waals surface area (Å²) in [7, 11) is 1.72. The third-order valence-corrected chi connectivity index (χ3v) is 3.53. The minimum Gasteiger partial charge on any atom is -0.496 e. The Kier molecular flexibility index (Phi) is 3.72. The lowest BCUT2D eigenvalue weighted by Gasteiger charge is -2.28. The molecule has 16 heavy (non-hydrogen) atoms. The van der Waals surface area contributed by atoms with Crippen LogP contribution in [-0.2, 0) is 6.42 Å².